The molecule has 1 aliphatic heterocycles. The van der Waals surface area contributed by atoms with Gasteiger partial charge in [-0.25, -0.2) is 4.39 Å². The van der Waals surface area contributed by atoms with Gasteiger partial charge in [-0.2, -0.15) is 0 Å². The van der Waals surface area contributed by atoms with Crippen molar-refractivity contribution in [2.45, 2.75) is 32.5 Å². The first-order chi connectivity index (χ1) is 10.7. The van der Waals surface area contributed by atoms with E-state index in [1.807, 2.05) is 18.2 Å². The molecule has 1 unspecified atom stereocenters. The number of rotatable bonds is 6. The van der Waals surface area contributed by atoms with E-state index in [-0.39, 0.29) is 0 Å². The van der Waals surface area contributed by atoms with Gasteiger partial charge in [-0.05, 0) is 43.4 Å². The van der Waals surface area contributed by atoms with Crippen LogP contribution in [0.4, 0.5) is 10.1 Å². The topological polar surface area (TPSA) is 67.6 Å². The fourth-order valence-corrected chi connectivity index (χ4v) is 2.94. The lowest BCUT2D eigenvalue weighted by Crippen LogP contribution is -2.46. The highest BCUT2D eigenvalue weighted by molar-refractivity contribution is 6.01. The summed E-state index contributed by atoms with van der Waals surface area (Å²) in [5, 5.41) is 0. The molecule has 0 spiro atoms. The number of aliphatic imine (C=N–C) groups is 1. The fraction of sp³-hybridized carbons (Fsp3) is 0.500. The van der Waals surface area contributed by atoms with Crippen molar-refractivity contribution < 1.29 is 4.39 Å². The summed E-state index contributed by atoms with van der Waals surface area (Å²) in [5.74, 6) is -1.25. The van der Waals surface area contributed by atoms with Crippen LogP contribution in [0.1, 0.15) is 37.8 Å². The van der Waals surface area contributed by atoms with Gasteiger partial charge in [0.1, 0.15) is 0 Å². The third-order valence-electron chi connectivity index (χ3n) is 4.21. The minimum atomic E-state index is -1.89. The van der Waals surface area contributed by atoms with Crippen molar-refractivity contribution in [3.63, 3.8) is 0 Å². The van der Waals surface area contributed by atoms with Crippen LogP contribution in [0.15, 0.2) is 35.5 Å². The number of benzene rings is 1. The van der Waals surface area contributed by atoms with Crippen LogP contribution >= 0.6 is 0 Å². The predicted molar refractivity (Wildman–Crippen MR) is 95.5 cm³/mol. The average molecular weight is 318 g/mol. The highest BCUT2D eigenvalue weighted by Gasteiger charge is 2.31. The molecule has 0 bridgehead atoms. The van der Waals surface area contributed by atoms with Crippen molar-refractivity contribution in [3.05, 3.63) is 41.6 Å². The van der Waals surface area contributed by atoms with E-state index in [9.17, 15) is 4.39 Å². The largest absolute Gasteiger partial charge is 0.403 e. The van der Waals surface area contributed by atoms with Crippen molar-refractivity contribution in [2.24, 2.45) is 22.4 Å². The van der Waals surface area contributed by atoms with Crippen molar-refractivity contribution >= 4 is 11.4 Å². The van der Waals surface area contributed by atoms with Crippen LogP contribution in [-0.4, -0.2) is 25.8 Å². The third-order valence-corrected chi connectivity index (χ3v) is 4.21. The van der Waals surface area contributed by atoms with Gasteiger partial charge < -0.3 is 10.6 Å². The Labute approximate surface area is 138 Å². The van der Waals surface area contributed by atoms with E-state index in [2.05, 4.69) is 23.4 Å². The van der Waals surface area contributed by atoms with E-state index in [1.165, 1.54) is 6.92 Å². The minimum absolute atomic E-state index is 0.509. The van der Waals surface area contributed by atoms with Gasteiger partial charge in [-0.1, -0.05) is 19.6 Å². The normalized spacial score (nSPS) is 18.5. The predicted octanol–water partition coefficient (Wildman–Crippen LogP) is 2.92. The zero-order valence-electron chi connectivity index (χ0n) is 14.3. The summed E-state index contributed by atoms with van der Waals surface area (Å²) in [6.45, 7) is 9.16. The van der Waals surface area contributed by atoms with E-state index >= 15 is 0 Å². The Morgan fingerprint density at radius 1 is 1.43 bits per heavy atom. The Hall–Kier alpha value is -1.88. The Morgan fingerprint density at radius 3 is 2.57 bits per heavy atom. The summed E-state index contributed by atoms with van der Waals surface area (Å²) >= 11 is 0. The van der Waals surface area contributed by atoms with E-state index in [0.717, 1.165) is 30.1 Å². The van der Waals surface area contributed by atoms with Gasteiger partial charge >= 0.3 is 0 Å². The van der Waals surface area contributed by atoms with Crippen molar-refractivity contribution in [1.82, 2.24) is 0 Å². The summed E-state index contributed by atoms with van der Waals surface area (Å²) in [6.07, 6.45) is 1.34. The molecule has 1 fully saturated rings. The molecule has 0 amide bonds. The first-order valence-corrected chi connectivity index (χ1v) is 7.99. The first-order valence-electron chi connectivity index (χ1n) is 7.99. The molecule has 1 atom stereocenters. The monoisotopic (exact) mass is 318 g/mol. The minimum Gasteiger partial charge on any atom is -0.403 e. The standard InChI is InChI=1S/C18H27FN4/c1-12-10-23(11-12)17-8-6-14(9-15(17)18(3,19)21)16(22-4)7-5-13(2)20/h6,8-9,12H,2,5,7,10-11,20-21H2,1,3-4H3/b22-16+. The summed E-state index contributed by atoms with van der Waals surface area (Å²) < 4.78 is 14.5. The Bertz CT molecular complexity index is 610. The number of anilines is 1. The number of nitrogens with zero attached hydrogens (tertiary/aromatic N) is 2. The molecule has 1 saturated heterocycles. The molecule has 0 saturated carbocycles. The molecule has 4 nitrogen and oxygen atoms in total. The molecule has 1 aliphatic rings. The van der Waals surface area contributed by atoms with E-state index in [1.54, 1.807) is 7.05 Å². The molecular weight excluding hydrogens is 291 g/mol. The van der Waals surface area contributed by atoms with Crippen LogP contribution < -0.4 is 16.4 Å². The smallest absolute Gasteiger partial charge is 0.184 e. The molecule has 1 aromatic carbocycles. The molecule has 126 valence electrons. The second-order valence-electron chi connectivity index (χ2n) is 6.65. The maximum Gasteiger partial charge on any atom is 0.184 e. The van der Waals surface area contributed by atoms with Crippen LogP contribution in [0.3, 0.4) is 0 Å². The molecule has 1 aromatic rings. The van der Waals surface area contributed by atoms with Gasteiger partial charge in [0, 0.05) is 42.8 Å². The SMILES string of the molecule is C=C(N)CC/C(=N\C)c1ccc(N2CC(C)C2)c(C(C)(N)F)c1. The lowest BCUT2D eigenvalue weighted by atomic mass is 9.93. The van der Waals surface area contributed by atoms with Crippen molar-refractivity contribution in [3.8, 4) is 0 Å². The van der Waals surface area contributed by atoms with E-state index < -0.39 is 5.79 Å². The zero-order valence-corrected chi connectivity index (χ0v) is 14.3. The number of hydrogen-bond donors (Lipinski definition) is 2. The average Bonchev–Trinajstić information content (AvgIpc) is 2.43. The Balaban J connectivity index is 2.34. The molecule has 4 N–H and O–H groups in total. The molecule has 0 aliphatic carbocycles. The molecule has 2 rings (SSSR count). The number of halogens is 1. The molecule has 23 heavy (non-hydrogen) atoms. The van der Waals surface area contributed by atoms with Gasteiger partial charge in [-0.15, -0.1) is 0 Å². The number of allylic oxidation sites excluding steroid dienone is 1. The van der Waals surface area contributed by atoms with E-state index in [0.29, 0.717) is 30.0 Å². The summed E-state index contributed by atoms with van der Waals surface area (Å²) in [5.41, 5.74) is 15.2. The summed E-state index contributed by atoms with van der Waals surface area (Å²) in [7, 11) is 1.73. The lowest BCUT2D eigenvalue weighted by molar-refractivity contribution is 0.203. The summed E-state index contributed by atoms with van der Waals surface area (Å²) in [4.78, 5) is 6.48. The van der Waals surface area contributed by atoms with Crippen molar-refractivity contribution in [1.29, 1.82) is 0 Å². The third kappa shape index (κ3) is 4.10. The van der Waals surface area contributed by atoms with Gasteiger partial charge in [0.05, 0.1) is 0 Å². The van der Waals surface area contributed by atoms with E-state index in [4.69, 9.17) is 11.5 Å². The molecule has 0 radical (unpaired) electrons. The van der Waals surface area contributed by atoms with Crippen LogP contribution in [0.25, 0.3) is 0 Å². The maximum atomic E-state index is 14.5. The second-order valence-corrected chi connectivity index (χ2v) is 6.65. The van der Waals surface area contributed by atoms with Gasteiger partial charge in [0.15, 0.2) is 5.79 Å². The number of alkyl halides is 1. The lowest BCUT2D eigenvalue weighted by Gasteiger charge is -2.41. The van der Waals surface area contributed by atoms with Crippen molar-refractivity contribution in [2.75, 3.05) is 25.0 Å². The second kappa shape index (κ2) is 6.71. The number of nitrogens with two attached hydrogens (primary N) is 2. The highest BCUT2D eigenvalue weighted by Crippen LogP contribution is 2.35. The van der Waals surface area contributed by atoms with Crippen LogP contribution in [0, 0.1) is 5.92 Å². The Morgan fingerprint density at radius 2 is 2.09 bits per heavy atom. The molecular formula is C18H27FN4. The Kier molecular flexibility index (Phi) is 5.09. The van der Waals surface area contributed by atoms with Gasteiger partial charge in [-0.3, -0.25) is 10.7 Å². The quantitative estimate of drug-likeness (QED) is 0.626. The molecule has 1 heterocycles. The fourth-order valence-electron chi connectivity index (χ4n) is 2.94. The van der Waals surface area contributed by atoms with Gasteiger partial charge in [0.25, 0.3) is 0 Å². The zero-order chi connectivity index (χ0) is 17.2. The highest BCUT2D eigenvalue weighted by atomic mass is 19.1. The summed E-state index contributed by atoms with van der Waals surface area (Å²) in [6, 6.07) is 5.75. The van der Waals surface area contributed by atoms with Gasteiger partial charge in [0.2, 0.25) is 0 Å². The molecule has 0 aromatic heterocycles. The van der Waals surface area contributed by atoms with Crippen LogP contribution in [0.2, 0.25) is 0 Å². The maximum absolute atomic E-state index is 14.5. The van der Waals surface area contributed by atoms with Crippen LogP contribution in [0.5, 0.6) is 0 Å². The first kappa shape index (κ1) is 17.5. The number of hydrogen-bond acceptors (Lipinski definition) is 4. The molecule has 5 heteroatoms. The van der Waals surface area contributed by atoms with Crippen LogP contribution in [-0.2, 0) is 5.79 Å².